The van der Waals surface area contributed by atoms with Gasteiger partial charge in [0.15, 0.2) is 0 Å². The van der Waals surface area contributed by atoms with Crippen molar-refractivity contribution in [3.63, 3.8) is 0 Å². The van der Waals surface area contributed by atoms with Crippen LogP contribution in [0.3, 0.4) is 0 Å². The largest absolute Gasteiger partial charge is 0.244 e. The Kier molecular flexibility index (Phi) is 3.47. The lowest BCUT2D eigenvalue weighted by Crippen LogP contribution is -2.14. The fourth-order valence-corrected chi connectivity index (χ4v) is 3.01. The summed E-state index contributed by atoms with van der Waals surface area (Å²) in [6, 6.07) is 9.33. The van der Waals surface area contributed by atoms with Crippen molar-refractivity contribution < 1.29 is 4.21 Å². The van der Waals surface area contributed by atoms with Gasteiger partial charge in [0.25, 0.3) is 0 Å². The Morgan fingerprint density at radius 1 is 1.43 bits per heavy atom. The highest BCUT2D eigenvalue weighted by molar-refractivity contribution is 7.94. The molecular weight excluding hydrogens is 194 g/mol. The molecule has 0 aromatic heterocycles. The molecule has 0 aliphatic carbocycles. The standard InChI is InChI=1S/C11H15NOS/c1-4-10(2)14(13,12-3)11-8-6-5-7-9-11/h4-10H,1H2,2-3H3. The zero-order valence-electron chi connectivity index (χ0n) is 8.51. The van der Waals surface area contributed by atoms with E-state index in [0.717, 1.165) is 4.90 Å². The number of rotatable bonds is 3. The van der Waals surface area contributed by atoms with E-state index < -0.39 is 9.73 Å². The predicted molar refractivity (Wildman–Crippen MR) is 60.9 cm³/mol. The molecule has 2 atom stereocenters. The van der Waals surface area contributed by atoms with Gasteiger partial charge >= 0.3 is 0 Å². The van der Waals surface area contributed by atoms with Gasteiger partial charge in [0, 0.05) is 11.9 Å². The summed E-state index contributed by atoms with van der Waals surface area (Å²) < 4.78 is 16.5. The molecule has 1 aromatic carbocycles. The van der Waals surface area contributed by atoms with Crippen LogP contribution in [0.25, 0.3) is 0 Å². The minimum absolute atomic E-state index is 0.130. The Bertz CT molecular complexity index is 416. The van der Waals surface area contributed by atoms with E-state index in [0.29, 0.717) is 0 Å². The fourth-order valence-electron chi connectivity index (χ4n) is 1.23. The lowest BCUT2D eigenvalue weighted by atomic mass is 10.4. The molecule has 76 valence electrons. The van der Waals surface area contributed by atoms with Crippen LogP contribution in [0.1, 0.15) is 6.92 Å². The molecule has 0 aliphatic heterocycles. The molecule has 0 aliphatic rings. The average molecular weight is 209 g/mol. The summed E-state index contributed by atoms with van der Waals surface area (Å²) in [5.41, 5.74) is 0. The van der Waals surface area contributed by atoms with Crippen molar-refractivity contribution in [3.05, 3.63) is 43.0 Å². The monoisotopic (exact) mass is 209 g/mol. The number of hydrogen-bond donors (Lipinski definition) is 0. The van der Waals surface area contributed by atoms with Crippen molar-refractivity contribution in [2.75, 3.05) is 7.05 Å². The molecule has 0 N–H and O–H groups in total. The van der Waals surface area contributed by atoms with E-state index in [1.54, 1.807) is 13.1 Å². The third-order valence-electron chi connectivity index (χ3n) is 2.19. The van der Waals surface area contributed by atoms with Gasteiger partial charge in [-0.25, -0.2) is 8.57 Å². The van der Waals surface area contributed by atoms with Crippen LogP contribution in [-0.2, 0) is 9.73 Å². The van der Waals surface area contributed by atoms with Crippen LogP contribution in [0.5, 0.6) is 0 Å². The molecule has 1 aromatic rings. The molecule has 0 fully saturated rings. The molecule has 2 unspecified atom stereocenters. The molecule has 0 saturated heterocycles. The zero-order valence-corrected chi connectivity index (χ0v) is 9.33. The molecule has 3 heteroatoms. The van der Waals surface area contributed by atoms with Crippen LogP contribution in [0.2, 0.25) is 0 Å². The van der Waals surface area contributed by atoms with Crippen molar-refractivity contribution in [2.45, 2.75) is 17.1 Å². The van der Waals surface area contributed by atoms with E-state index in [1.807, 2.05) is 37.3 Å². The number of benzene rings is 1. The van der Waals surface area contributed by atoms with E-state index in [1.165, 1.54) is 0 Å². The SMILES string of the molecule is C=CC(C)S(=O)(=NC)c1ccccc1. The van der Waals surface area contributed by atoms with E-state index in [9.17, 15) is 4.21 Å². The van der Waals surface area contributed by atoms with Gasteiger partial charge in [0.2, 0.25) is 0 Å². The Balaban J connectivity index is 3.31. The van der Waals surface area contributed by atoms with Crippen molar-refractivity contribution in [3.8, 4) is 0 Å². The third kappa shape index (κ3) is 1.87. The Morgan fingerprint density at radius 2 is 2.00 bits per heavy atom. The van der Waals surface area contributed by atoms with E-state index in [2.05, 4.69) is 10.9 Å². The van der Waals surface area contributed by atoms with Crippen molar-refractivity contribution >= 4 is 9.73 Å². The minimum atomic E-state index is -2.33. The highest BCUT2D eigenvalue weighted by atomic mass is 32.2. The number of hydrogen-bond acceptors (Lipinski definition) is 2. The van der Waals surface area contributed by atoms with Crippen LogP contribution in [0.4, 0.5) is 0 Å². The van der Waals surface area contributed by atoms with Crippen molar-refractivity contribution in [1.82, 2.24) is 0 Å². The molecule has 0 bridgehead atoms. The maximum atomic E-state index is 12.4. The normalized spacial score (nSPS) is 16.7. The molecule has 1 rings (SSSR count). The summed E-state index contributed by atoms with van der Waals surface area (Å²) in [6.45, 7) is 5.53. The first kappa shape index (κ1) is 11.0. The quantitative estimate of drug-likeness (QED) is 0.704. The second-order valence-electron chi connectivity index (χ2n) is 3.01. The van der Waals surface area contributed by atoms with Crippen molar-refractivity contribution in [2.24, 2.45) is 4.36 Å². The smallest absolute Gasteiger partial charge is 0.0811 e. The lowest BCUT2D eigenvalue weighted by molar-refractivity contribution is 0.672. The highest BCUT2D eigenvalue weighted by Gasteiger charge is 2.16. The Labute approximate surface area is 85.8 Å². The third-order valence-corrected chi connectivity index (χ3v) is 4.88. The summed E-state index contributed by atoms with van der Waals surface area (Å²) in [7, 11) is -0.735. The fraction of sp³-hybridized carbons (Fsp3) is 0.273. The molecule has 0 amide bonds. The topological polar surface area (TPSA) is 29.4 Å². The Hall–Kier alpha value is -1.09. The maximum absolute atomic E-state index is 12.4. The molecule has 14 heavy (non-hydrogen) atoms. The zero-order chi connectivity index (χ0) is 10.6. The average Bonchev–Trinajstić information content (AvgIpc) is 2.28. The molecule has 0 spiro atoms. The van der Waals surface area contributed by atoms with Crippen LogP contribution < -0.4 is 0 Å². The number of nitrogens with zero attached hydrogens (tertiary/aromatic N) is 1. The molecule has 2 nitrogen and oxygen atoms in total. The molecular formula is C11H15NOS. The molecule has 0 radical (unpaired) electrons. The Morgan fingerprint density at radius 3 is 2.43 bits per heavy atom. The van der Waals surface area contributed by atoms with E-state index in [-0.39, 0.29) is 5.25 Å². The summed E-state index contributed by atoms with van der Waals surface area (Å²) in [6.07, 6.45) is 1.68. The first-order valence-corrected chi connectivity index (χ1v) is 6.04. The van der Waals surface area contributed by atoms with Gasteiger partial charge in [-0.2, -0.15) is 0 Å². The summed E-state index contributed by atoms with van der Waals surface area (Å²) in [5, 5.41) is -0.130. The predicted octanol–water partition coefficient (Wildman–Crippen LogP) is 2.72. The van der Waals surface area contributed by atoms with E-state index in [4.69, 9.17) is 0 Å². The maximum Gasteiger partial charge on any atom is 0.0811 e. The highest BCUT2D eigenvalue weighted by Crippen LogP contribution is 2.18. The van der Waals surface area contributed by atoms with Crippen LogP contribution in [-0.4, -0.2) is 16.5 Å². The van der Waals surface area contributed by atoms with Gasteiger partial charge in [0.05, 0.1) is 15.0 Å². The molecule has 0 saturated carbocycles. The van der Waals surface area contributed by atoms with Gasteiger partial charge in [-0.15, -0.1) is 6.58 Å². The first-order valence-electron chi connectivity index (χ1n) is 4.47. The minimum Gasteiger partial charge on any atom is -0.244 e. The van der Waals surface area contributed by atoms with Crippen LogP contribution >= 0.6 is 0 Å². The van der Waals surface area contributed by atoms with Gasteiger partial charge < -0.3 is 0 Å². The lowest BCUT2D eigenvalue weighted by Gasteiger charge is -2.13. The second kappa shape index (κ2) is 4.42. The first-order chi connectivity index (χ1) is 6.65. The van der Waals surface area contributed by atoms with Gasteiger partial charge in [-0.3, -0.25) is 0 Å². The summed E-state index contributed by atoms with van der Waals surface area (Å²) in [5.74, 6) is 0. The summed E-state index contributed by atoms with van der Waals surface area (Å²) >= 11 is 0. The van der Waals surface area contributed by atoms with Gasteiger partial charge in [-0.05, 0) is 19.1 Å². The molecule has 0 heterocycles. The second-order valence-corrected chi connectivity index (χ2v) is 5.72. The summed E-state index contributed by atoms with van der Waals surface area (Å²) in [4.78, 5) is 0.773. The van der Waals surface area contributed by atoms with Crippen molar-refractivity contribution in [1.29, 1.82) is 0 Å². The van der Waals surface area contributed by atoms with Gasteiger partial charge in [-0.1, -0.05) is 24.3 Å². The van der Waals surface area contributed by atoms with Crippen LogP contribution in [0.15, 0.2) is 52.2 Å². The van der Waals surface area contributed by atoms with E-state index >= 15 is 0 Å². The van der Waals surface area contributed by atoms with Gasteiger partial charge in [0.1, 0.15) is 0 Å². The van der Waals surface area contributed by atoms with Crippen LogP contribution in [0, 0.1) is 0 Å².